The molecule has 0 bridgehead atoms. The predicted molar refractivity (Wildman–Crippen MR) is 50.1 cm³/mol. The number of piperidine rings is 1. The molecule has 1 saturated heterocycles. The Morgan fingerprint density at radius 2 is 2.50 bits per heavy atom. The number of rotatable bonds is 4. The van der Waals surface area contributed by atoms with Crippen LogP contribution in [0.25, 0.3) is 0 Å². The maximum Gasteiger partial charge on any atom is 0.0581 e. The highest BCUT2D eigenvalue weighted by molar-refractivity contribution is 4.72. The molecular formula is C9H20N2O. The lowest BCUT2D eigenvalue weighted by Gasteiger charge is -2.24. The molecule has 1 fully saturated rings. The molecule has 2 unspecified atom stereocenters. The Labute approximate surface area is 74.5 Å². The summed E-state index contributed by atoms with van der Waals surface area (Å²) in [6.45, 7) is 5.59. The van der Waals surface area contributed by atoms with Crippen molar-refractivity contribution < 1.29 is 5.11 Å². The van der Waals surface area contributed by atoms with Crippen LogP contribution in [0.5, 0.6) is 0 Å². The largest absolute Gasteiger partial charge is 0.395 e. The first-order chi connectivity index (χ1) is 5.83. The van der Waals surface area contributed by atoms with Crippen LogP contribution >= 0.6 is 0 Å². The first kappa shape index (κ1) is 9.96. The maximum atomic E-state index is 8.79. The summed E-state index contributed by atoms with van der Waals surface area (Å²) in [6.07, 6.45) is 2.61. The third-order valence-corrected chi connectivity index (χ3v) is 2.43. The minimum Gasteiger partial charge on any atom is -0.395 e. The van der Waals surface area contributed by atoms with Crippen molar-refractivity contribution in [3.63, 3.8) is 0 Å². The van der Waals surface area contributed by atoms with Crippen LogP contribution in [0.2, 0.25) is 0 Å². The maximum absolute atomic E-state index is 8.79. The van der Waals surface area contributed by atoms with Gasteiger partial charge >= 0.3 is 0 Å². The number of hydrogen-bond acceptors (Lipinski definition) is 3. The third-order valence-electron chi connectivity index (χ3n) is 2.43. The van der Waals surface area contributed by atoms with Gasteiger partial charge in [-0.3, -0.25) is 0 Å². The van der Waals surface area contributed by atoms with Crippen LogP contribution in [-0.4, -0.2) is 37.4 Å². The quantitative estimate of drug-likeness (QED) is 0.557. The molecular weight excluding hydrogens is 152 g/mol. The van der Waals surface area contributed by atoms with Crippen LogP contribution < -0.4 is 10.6 Å². The van der Waals surface area contributed by atoms with E-state index in [1.807, 2.05) is 6.92 Å². The van der Waals surface area contributed by atoms with Crippen molar-refractivity contribution in [2.75, 3.05) is 26.2 Å². The van der Waals surface area contributed by atoms with E-state index in [9.17, 15) is 0 Å². The molecule has 3 N–H and O–H groups in total. The van der Waals surface area contributed by atoms with Crippen LogP contribution in [0.15, 0.2) is 0 Å². The molecule has 3 nitrogen and oxygen atoms in total. The summed E-state index contributed by atoms with van der Waals surface area (Å²) in [6, 6.07) is 0.243. The van der Waals surface area contributed by atoms with Crippen molar-refractivity contribution in [3.8, 4) is 0 Å². The van der Waals surface area contributed by atoms with Crippen molar-refractivity contribution in [1.29, 1.82) is 0 Å². The lowest BCUT2D eigenvalue weighted by atomic mass is 9.99. The lowest BCUT2D eigenvalue weighted by Crippen LogP contribution is -2.39. The van der Waals surface area contributed by atoms with E-state index in [1.165, 1.54) is 19.4 Å². The zero-order valence-electron chi connectivity index (χ0n) is 7.84. The smallest absolute Gasteiger partial charge is 0.0581 e. The predicted octanol–water partition coefficient (Wildman–Crippen LogP) is -0.0436. The highest BCUT2D eigenvalue weighted by Gasteiger charge is 2.12. The highest BCUT2D eigenvalue weighted by Crippen LogP contribution is 2.08. The van der Waals surface area contributed by atoms with Gasteiger partial charge in [0, 0.05) is 6.04 Å². The van der Waals surface area contributed by atoms with Gasteiger partial charge in [-0.25, -0.2) is 0 Å². The minimum absolute atomic E-state index is 0.236. The molecule has 0 amide bonds. The molecule has 1 aliphatic heterocycles. The van der Waals surface area contributed by atoms with Crippen molar-refractivity contribution in [3.05, 3.63) is 0 Å². The highest BCUT2D eigenvalue weighted by atomic mass is 16.3. The molecule has 1 aliphatic rings. The van der Waals surface area contributed by atoms with Crippen LogP contribution in [-0.2, 0) is 0 Å². The molecule has 0 aromatic rings. The Morgan fingerprint density at radius 3 is 3.08 bits per heavy atom. The lowest BCUT2D eigenvalue weighted by molar-refractivity contribution is 0.240. The number of aliphatic hydroxyl groups is 1. The molecule has 0 radical (unpaired) electrons. The average molecular weight is 172 g/mol. The molecule has 12 heavy (non-hydrogen) atoms. The number of aliphatic hydroxyl groups excluding tert-OH is 1. The van der Waals surface area contributed by atoms with E-state index in [2.05, 4.69) is 10.6 Å². The fourth-order valence-electron chi connectivity index (χ4n) is 1.53. The van der Waals surface area contributed by atoms with E-state index >= 15 is 0 Å². The van der Waals surface area contributed by atoms with E-state index in [1.54, 1.807) is 0 Å². The number of nitrogens with one attached hydrogen (secondary N) is 2. The van der Waals surface area contributed by atoms with E-state index in [0.29, 0.717) is 0 Å². The van der Waals surface area contributed by atoms with Crippen molar-refractivity contribution in [2.45, 2.75) is 25.8 Å². The molecule has 1 rings (SSSR count). The molecule has 0 aromatic carbocycles. The average Bonchev–Trinajstić information content (AvgIpc) is 2.16. The standard InChI is InChI=1S/C9H20N2O/c1-8(7-12)11-6-9-3-2-4-10-5-9/h8-12H,2-7H2,1H3. The van der Waals surface area contributed by atoms with Crippen LogP contribution in [0.4, 0.5) is 0 Å². The van der Waals surface area contributed by atoms with E-state index < -0.39 is 0 Å². The monoisotopic (exact) mass is 172 g/mol. The van der Waals surface area contributed by atoms with Gasteiger partial charge in [-0.15, -0.1) is 0 Å². The molecule has 0 saturated carbocycles. The van der Waals surface area contributed by atoms with Crippen LogP contribution in [0.1, 0.15) is 19.8 Å². The van der Waals surface area contributed by atoms with Gasteiger partial charge in [0.25, 0.3) is 0 Å². The van der Waals surface area contributed by atoms with E-state index in [0.717, 1.165) is 19.0 Å². The molecule has 3 heteroatoms. The second-order valence-electron chi connectivity index (χ2n) is 3.70. The summed E-state index contributed by atoms with van der Waals surface area (Å²) in [5.74, 6) is 0.757. The van der Waals surface area contributed by atoms with Gasteiger partial charge in [0.05, 0.1) is 6.61 Å². The van der Waals surface area contributed by atoms with Gasteiger partial charge in [-0.05, 0) is 45.3 Å². The normalized spacial score (nSPS) is 27.0. The second kappa shape index (κ2) is 5.51. The summed E-state index contributed by atoms with van der Waals surface area (Å²) < 4.78 is 0. The summed E-state index contributed by atoms with van der Waals surface area (Å²) in [5.41, 5.74) is 0. The van der Waals surface area contributed by atoms with Crippen molar-refractivity contribution in [1.82, 2.24) is 10.6 Å². The number of hydrogen-bond donors (Lipinski definition) is 3. The Bertz CT molecular complexity index is 113. The van der Waals surface area contributed by atoms with Crippen LogP contribution in [0.3, 0.4) is 0 Å². The summed E-state index contributed by atoms with van der Waals surface area (Å²) >= 11 is 0. The van der Waals surface area contributed by atoms with Gasteiger partial charge in [0.1, 0.15) is 0 Å². The zero-order chi connectivity index (χ0) is 8.81. The zero-order valence-corrected chi connectivity index (χ0v) is 7.84. The van der Waals surface area contributed by atoms with Gasteiger partial charge in [-0.1, -0.05) is 0 Å². The Morgan fingerprint density at radius 1 is 1.67 bits per heavy atom. The Hall–Kier alpha value is -0.120. The fraction of sp³-hybridized carbons (Fsp3) is 1.00. The fourth-order valence-corrected chi connectivity index (χ4v) is 1.53. The van der Waals surface area contributed by atoms with Crippen molar-refractivity contribution in [2.24, 2.45) is 5.92 Å². The minimum atomic E-state index is 0.236. The van der Waals surface area contributed by atoms with Gasteiger partial charge in [0.2, 0.25) is 0 Å². The third kappa shape index (κ3) is 3.52. The molecule has 0 spiro atoms. The summed E-state index contributed by atoms with van der Waals surface area (Å²) in [4.78, 5) is 0. The molecule has 0 aliphatic carbocycles. The van der Waals surface area contributed by atoms with E-state index in [-0.39, 0.29) is 12.6 Å². The Kier molecular flexibility index (Phi) is 4.58. The van der Waals surface area contributed by atoms with Crippen LogP contribution in [0, 0.1) is 5.92 Å². The topological polar surface area (TPSA) is 44.3 Å². The Balaban J connectivity index is 2.05. The summed E-state index contributed by atoms with van der Waals surface area (Å²) in [7, 11) is 0. The summed E-state index contributed by atoms with van der Waals surface area (Å²) in [5, 5.41) is 15.5. The second-order valence-corrected chi connectivity index (χ2v) is 3.70. The molecule has 0 aromatic heterocycles. The van der Waals surface area contributed by atoms with E-state index in [4.69, 9.17) is 5.11 Å². The SMILES string of the molecule is CC(CO)NCC1CCCNC1. The van der Waals surface area contributed by atoms with Gasteiger partial charge in [0.15, 0.2) is 0 Å². The molecule has 1 heterocycles. The molecule has 72 valence electrons. The van der Waals surface area contributed by atoms with Gasteiger partial charge < -0.3 is 15.7 Å². The molecule has 2 atom stereocenters. The van der Waals surface area contributed by atoms with Crippen molar-refractivity contribution >= 4 is 0 Å². The first-order valence-corrected chi connectivity index (χ1v) is 4.88. The van der Waals surface area contributed by atoms with Gasteiger partial charge in [-0.2, -0.15) is 0 Å². The first-order valence-electron chi connectivity index (χ1n) is 4.88.